The van der Waals surface area contributed by atoms with Crippen LogP contribution in [0.5, 0.6) is 5.75 Å². The number of aliphatic carboxylic acids is 1. The van der Waals surface area contributed by atoms with Gasteiger partial charge in [-0.15, -0.1) is 0 Å². The van der Waals surface area contributed by atoms with Crippen LogP contribution in [0.3, 0.4) is 0 Å². The second-order valence-corrected chi connectivity index (χ2v) is 9.03. The molecule has 164 valence electrons. The maximum atomic E-state index is 11.1. The number of hydrogen-bond acceptors (Lipinski definition) is 3. The third kappa shape index (κ3) is 4.56. The molecule has 3 aromatic carbocycles. The molecule has 0 spiro atoms. The minimum atomic E-state index is -0.663. The Hall–Kier alpha value is -3.11. The number of rotatable bonds is 7. The van der Waals surface area contributed by atoms with Crippen molar-refractivity contribution >= 4 is 5.97 Å². The molecule has 4 nitrogen and oxygen atoms in total. The van der Waals surface area contributed by atoms with E-state index in [0.717, 1.165) is 43.4 Å². The molecule has 1 unspecified atom stereocenters. The maximum absolute atomic E-state index is 11.1. The number of aryl methyl sites for hydroxylation is 1. The van der Waals surface area contributed by atoms with Crippen molar-refractivity contribution in [2.75, 3.05) is 0 Å². The first-order valence-electron chi connectivity index (χ1n) is 11.5. The number of carbonyl (C=O) groups is 1. The minimum Gasteiger partial charge on any atom is -0.489 e. The molecule has 0 amide bonds. The van der Waals surface area contributed by atoms with Crippen molar-refractivity contribution in [3.8, 4) is 16.9 Å². The van der Waals surface area contributed by atoms with Gasteiger partial charge in [-0.2, -0.15) is 0 Å². The van der Waals surface area contributed by atoms with E-state index in [4.69, 9.17) is 9.84 Å². The lowest BCUT2D eigenvalue weighted by atomic mass is 9.78. The molecule has 0 radical (unpaired) electrons. The molecule has 1 saturated carbocycles. The second-order valence-electron chi connectivity index (χ2n) is 9.03. The lowest BCUT2D eigenvalue weighted by Gasteiger charge is -2.38. The lowest BCUT2D eigenvalue weighted by Crippen LogP contribution is -2.46. The van der Waals surface area contributed by atoms with Gasteiger partial charge in [0.05, 0.1) is 5.92 Å². The Balaban J connectivity index is 1.19. The third-order valence-electron chi connectivity index (χ3n) is 6.82. The summed E-state index contributed by atoms with van der Waals surface area (Å²) in [5.41, 5.74) is 6.27. The number of fused-ring (bicyclic) bond motifs is 1. The van der Waals surface area contributed by atoms with Crippen molar-refractivity contribution in [3.63, 3.8) is 0 Å². The average molecular weight is 428 g/mol. The molecular weight excluding hydrogens is 398 g/mol. The molecule has 2 aliphatic carbocycles. The van der Waals surface area contributed by atoms with Crippen molar-refractivity contribution < 1.29 is 14.6 Å². The molecule has 2 aliphatic rings. The predicted molar refractivity (Wildman–Crippen MR) is 126 cm³/mol. The Morgan fingerprint density at radius 2 is 1.72 bits per heavy atom. The number of nitrogens with one attached hydrogen (secondary N) is 1. The van der Waals surface area contributed by atoms with Crippen LogP contribution in [0, 0.1) is 5.92 Å². The Bertz CT molecular complexity index is 1070. The van der Waals surface area contributed by atoms with Crippen LogP contribution in [0.15, 0.2) is 72.8 Å². The summed E-state index contributed by atoms with van der Waals surface area (Å²) < 4.78 is 6.11. The van der Waals surface area contributed by atoms with Gasteiger partial charge in [0.25, 0.3) is 0 Å². The largest absolute Gasteiger partial charge is 0.489 e. The predicted octanol–water partition coefficient (Wildman–Crippen LogP) is 5.76. The highest BCUT2D eigenvalue weighted by molar-refractivity contribution is 5.71. The first kappa shape index (κ1) is 20.8. The van der Waals surface area contributed by atoms with E-state index in [-0.39, 0.29) is 5.92 Å². The first-order valence-corrected chi connectivity index (χ1v) is 11.5. The molecular formula is C28H29NO3. The quantitative estimate of drug-likeness (QED) is 0.503. The van der Waals surface area contributed by atoms with Gasteiger partial charge in [-0.1, -0.05) is 60.7 Å². The smallest absolute Gasteiger partial charge is 0.306 e. The fourth-order valence-corrected chi connectivity index (χ4v) is 4.88. The van der Waals surface area contributed by atoms with Crippen molar-refractivity contribution in [2.24, 2.45) is 5.92 Å². The van der Waals surface area contributed by atoms with E-state index in [1.165, 1.54) is 22.3 Å². The minimum absolute atomic E-state index is 0.173. The molecule has 0 saturated heterocycles. The second kappa shape index (κ2) is 9.17. The number of carboxylic acid groups (broad SMARTS) is 1. The zero-order valence-corrected chi connectivity index (χ0v) is 18.2. The van der Waals surface area contributed by atoms with Crippen LogP contribution in [-0.4, -0.2) is 17.1 Å². The van der Waals surface area contributed by atoms with Crippen LogP contribution in [0.4, 0.5) is 0 Å². The fraction of sp³-hybridized carbons (Fsp3) is 0.321. The maximum Gasteiger partial charge on any atom is 0.306 e. The SMILES string of the molecule is O=C(O)[C@H]1C[C@H](NC2CCCc3cc(OCc4ccc(-c5ccccc5)cc4)ccc32)C1. The van der Waals surface area contributed by atoms with E-state index >= 15 is 0 Å². The van der Waals surface area contributed by atoms with E-state index in [2.05, 4.69) is 72.0 Å². The van der Waals surface area contributed by atoms with E-state index < -0.39 is 5.97 Å². The number of benzene rings is 3. The summed E-state index contributed by atoms with van der Waals surface area (Å²) in [7, 11) is 0. The molecule has 4 heteroatoms. The summed E-state index contributed by atoms with van der Waals surface area (Å²) in [6.45, 7) is 0.550. The summed E-state index contributed by atoms with van der Waals surface area (Å²) in [6.07, 6.45) is 4.80. The summed E-state index contributed by atoms with van der Waals surface area (Å²) in [6, 6.07) is 26.0. The van der Waals surface area contributed by atoms with E-state index in [1.807, 2.05) is 6.07 Å². The van der Waals surface area contributed by atoms with Crippen LogP contribution in [-0.2, 0) is 17.8 Å². The lowest BCUT2D eigenvalue weighted by molar-refractivity contribution is -0.145. The summed E-state index contributed by atoms with van der Waals surface area (Å²) in [5, 5.41) is 12.8. The van der Waals surface area contributed by atoms with E-state index in [1.54, 1.807) is 0 Å². The van der Waals surface area contributed by atoms with Crippen LogP contribution in [0.1, 0.15) is 48.4 Å². The molecule has 0 heterocycles. The molecule has 2 N–H and O–H groups in total. The van der Waals surface area contributed by atoms with Gasteiger partial charge in [-0.3, -0.25) is 4.79 Å². The third-order valence-corrected chi connectivity index (χ3v) is 6.82. The van der Waals surface area contributed by atoms with Crippen LogP contribution in [0.2, 0.25) is 0 Å². The van der Waals surface area contributed by atoms with E-state index in [9.17, 15) is 4.79 Å². The van der Waals surface area contributed by atoms with Crippen LogP contribution >= 0.6 is 0 Å². The van der Waals surface area contributed by atoms with Gasteiger partial charge >= 0.3 is 5.97 Å². The molecule has 0 bridgehead atoms. The molecule has 1 atom stereocenters. The van der Waals surface area contributed by atoms with E-state index in [0.29, 0.717) is 18.7 Å². The highest BCUT2D eigenvalue weighted by Gasteiger charge is 2.36. The molecule has 0 aliphatic heterocycles. The Morgan fingerprint density at radius 1 is 0.969 bits per heavy atom. The average Bonchev–Trinajstić information content (AvgIpc) is 2.80. The topological polar surface area (TPSA) is 58.6 Å². The molecule has 32 heavy (non-hydrogen) atoms. The summed E-state index contributed by atoms with van der Waals surface area (Å²) in [4.78, 5) is 11.1. The van der Waals surface area contributed by atoms with Crippen molar-refractivity contribution in [1.29, 1.82) is 0 Å². The molecule has 0 aromatic heterocycles. The van der Waals surface area contributed by atoms with Gasteiger partial charge in [0.15, 0.2) is 0 Å². The Labute approximate surface area is 189 Å². The fourth-order valence-electron chi connectivity index (χ4n) is 4.88. The number of hydrogen-bond donors (Lipinski definition) is 2. The Kier molecular flexibility index (Phi) is 5.95. The number of ether oxygens (including phenoxy) is 1. The van der Waals surface area contributed by atoms with Gasteiger partial charge in [0.2, 0.25) is 0 Å². The van der Waals surface area contributed by atoms with Crippen LogP contribution < -0.4 is 10.1 Å². The zero-order chi connectivity index (χ0) is 21.9. The normalized spacial score (nSPS) is 21.9. The highest BCUT2D eigenvalue weighted by Crippen LogP contribution is 2.36. The first-order chi connectivity index (χ1) is 15.7. The summed E-state index contributed by atoms with van der Waals surface area (Å²) >= 11 is 0. The Morgan fingerprint density at radius 3 is 2.47 bits per heavy atom. The van der Waals surface area contributed by atoms with Crippen molar-refractivity contribution in [3.05, 3.63) is 89.5 Å². The number of carboxylic acids is 1. The van der Waals surface area contributed by atoms with Gasteiger partial charge in [0, 0.05) is 12.1 Å². The summed E-state index contributed by atoms with van der Waals surface area (Å²) in [5.74, 6) is 0.0720. The van der Waals surface area contributed by atoms with Crippen LogP contribution in [0.25, 0.3) is 11.1 Å². The monoisotopic (exact) mass is 427 g/mol. The molecule has 3 aromatic rings. The van der Waals surface area contributed by atoms with Gasteiger partial charge in [-0.25, -0.2) is 0 Å². The molecule has 1 fully saturated rings. The van der Waals surface area contributed by atoms with Gasteiger partial charge < -0.3 is 15.2 Å². The van der Waals surface area contributed by atoms with Gasteiger partial charge in [-0.05, 0) is 72.1 Å². The molecule has 5 rings (SSSR count). The zero-order valence-electron chi connectivity index (χ0n) is 18.2. The van der Waals surface area contributed by atoms with Crippen molar-refractivity contribution in [1.82, 2.24) is 5.32 Å². The highest BCUT2D eigenvalue weighted by atomic mass is 16.5. The van der Waals surface area contributed by atoms with Crippen molar-refractivity contribution in [2.45, 2.75) is 50.8 Å². The standard InChI is InChI=1S/C28H29NO3/c30-28(31)23-15-24(16-23)29-27-8-4-7-22-17-25(13-14-26(22)27)32-18-19-9-11-21(12-10-19)20-5-2-1-3-6-20/h1-3,5-6,9-14,17,23-24,27,29H,4,7-8,15-16,18H2,(H,30,31)/t23-,24-,27?. The van der Waals surface area contributed by atoms with Gasteiger partial charge in [0.1, 0.15) is 12.4 Å².